The Morgan fingerprint density at radius 3 is 2.85 bits per heavy atom. The summed E-state index contributed by atoms with van der Waals surface area (Å²) < 4.78 is 10.8. The maximum atomic E-state index is 12.7. The van der Waals surface area contributed by atoms with Gasteiger partial charge in [-0.3, -0.25) is 9.59 Å². The largest absolute Gasteiger partial charge is 0.496 e. The SMILES string of the molecule is COc1ccccc1C(=O)Nc1ccc2c(c1)N(C(=O)C1CCCO1)CC2. The lowest BCUT2D eigenvalue weighted by Crippen LogP contribution is -2.37. The lowest BCUT2D eigenvalue weighted by atomic mass is 10.1. The van der Waals surface area contributed by atoms with Crippen LogP contribution in [0.3, 0.4) is 0 Å². The van der Waals surface area contributed by atoms with Crippen LogP contribution in [0.5, 0.6) is 5.75 Å². The number of methoxy groups -OCH3 is 1. The van der Waals surface area contributed by atoms with Gasteiger partial charge in [-0.25, -0.2) is 0 Å². The number of amides is 2. The van der Waals surface area contributed by atoms with Gasteiger partial charge in [-0.05, 0) is 49.1 Å². The highest BCUT2D eigenvalue weighted by molar-refractivity contribution is 6.07. The summed E-state index contributed by atoms with van der Waals surface area (Å²) in [5.41, 5.74) is 3.08. The van der Waals surface area contributed by atoms with Gasteiger partial charge in [-0.15, -0.1) is 0 Å². The fourth-order valence-electron chi connectivity index (χ4n) is 3.66. The number of para-hydroxylation sites is 1. The summed E-state index contributed by atoms with van der Waals surface area (Å²) in [6.45, 7) is 1.30. The minimum atomic E-state index is -0.345. The molecule has 0 aliphatic carbocycles. The third-order valence-electron chi connectivity index (χ3n) is 5.06. The number of carbonyl (C=O) groups is 2. The molecule has 0 bridgehead atoms. The molecule has 0 radical (unpaired) electrons. The Kier molecular flexibility index (Phi) is 4.81. The van der Waals surface area contributed by atoms with Crippen molar-refractivity contribution >= 4 is 23.2 Å². The summed E-state index contributed by atoms with van der Waals surface area (Å²) in [7, 11) is 1.54. The molecule has 0 aromatic heterocycles. The smallest absolute Gasteiger partial charge is 0.259 e. The zero-order chi connectivity index (χ0) is 18.8. The van der Waals surface area contributed by atoms with E-state index in [9.17, 15) is 9.59 Å². The molecule has 6 heteroatoms. The first-order valence-corrected chi connectivity index (χ1v) is 9.17. The molecule has 2 aromatic carbocycles. The Labute approximate surface area is 158 Å². The predicted octanol–water partition coefficient (Wildman–Crippen LogP) is 3.02. The number of carbonyl (C=O) groups excluding carboxylic acids is 2. The van der Waals surface area contributed by atoms with Gasteiger partial charge in [0.15, 0.2) is 0 Å². The molecular formula is C21H22N2O4. The predicted molar refractivity (Wildman–Crippen MR) is 102 cm³/mol. The number of benzene rings is 2. The Balaban J connectivity index is 1.55. The van der Waals surface area contributed by atoms with E-state index in [0.717, 1.165) is 30.5 Å². The van der Waals surface area contributed by atoms with Gasteiger partial charge in [0.2, 0.25) is 0 Å². The molecule has 1 fully saturated rings. The fourth-order valence-corrected chi connectivity index (χ4v) is 3.66. The first-order chi connectivity index (χ1) is 13.2. The molecule has 1 N–H and O–H groups in total. The lowest BCUT2D eigenvalue weighted by Gasteiger charge is -2.21. The molecule has 2 aromatic rings. The van der Waals surface area contributed by atoms with Crippen LogP contribution in [0.1, 0.15) is 28.8 Å². The van der Waals surface area contributed by atoms with E-state index in [1.165, 1.54) is 7.11 Å². The molecule has 2 aliphatic heterocycles. The van der Waals surface area contributed by atoms with Gasteiger partial charge in [0, 0.05) is 24.5 Å². The van der Waals surface area contributed by atoms with Crippen LogP contribution in [0.4, 0.5) is 11.4 Å². The summed E-state index contributed by atoms with van der Waals surface area (Å²) in [4.78, 5) is 27.2. The number of fused-ring (bicyclic) bond motifs is 1. The summed E-state index contributed by atoms with van der Waals surface area (Å²) in [5.74, 6) is 0.285. The van der Waals surface area contributed by atoms with E-state index in [1.807, 2.05) is 24.3 Å². The summed E-state index contributed by atoms with van der Waals surface area (Å²) >= 11 is 0. The van der Waals surface area contributed by atoms with E-state index in [4.69, 9.17) is 9.47 Å². The summed E-state index contributed by atoms with van der Waals surface area (Å²) in [6, 6.07) is 12.8. The zero-order valence-electron chi connectivity index (χ0n) is 15.2. The van der Waals surface area contributed by atoms with Crippen molar-refractivity contribution in [2.75, 3.05) is 30.5 Å². The van der Waals surface area contributed by atoms with Crippen molar-refractivity contribution in [2.45, 2.75) is 25.4 Å². The average molecular weight is 366 g/mol. The van der Waals surface area contributed by atoms with Gasteiger partial charge in [0.05, 0.1) is 12.7 Å². The second-order valence-corrected chi connectivity index (χ2v) is 6.74. The van der Waals surface area contributed by atoms with Gasteiger partial charge in [0.25, 0.3) is 11.8 Å². The van der Waals surface area contributed by atoms with E-state index in [1.54, 1.807) is 23.1 Å². The van der Waals surface area contributed by atoms with E-state index >= 15 is 0 Å². The number of hydrogen-bond acceptors (Lipinski definition) is 4. The van der Waals surface area contributed by atoms with Crippen LogP contribution < -0.4 is 15.0 Å². The third-order valence-corrected chi connectivity index (χ3v) is 5.06. The van der Waals surface area contributed by atoms with E-state index in [-0.39, 0.29) is 17.9 Å². The highest BCUT2D eigenvalue weighted by Gasteiger charge is 2.32. The molecule has 140 valence electrons. The zero-order valence-corrected chi connectivity index (χ0v) is 15.2. The van der Waals surface area contributed by atoms with Crippen LogP contribution in [0.25, 0.3) is 0 Å². The van der Waals surface area contributed by atoms with Crippen LogP contribution in [0.15, 0.2) is 42.5 Å². The first kappa shape index (κ1) is 17.5. The number of nitrogens with one attached hydrogen (secondary N) is 1. The van der Waals surface area contributed by atoms with Crippen molar-refractivity contribution in [3.05, 3.63) is 53.6 Å². The van der Waals surface area contributed by atoms with Crippen molar-refractivity contribution in [2.24, 2.45) is 0 Å². The molecular weight excluding hydrogens is 344 g/mol. The van der Waals surface area contributed by atoms with Gasteiger partial charge in [0.1, 0.15) is 11.9 Å². The summed E-state index contributed by atoms with van der Waals surface area (Å²) in [6.07, 6.45) is 2.16. The molecule has 2 aliphatic rings. The molecule has 2 amide bonds. The Morgan fingerprint density at radius 1 is 1.22 bits per heavy atom. The molecule has 1 saturated heterocycles. The lowest BCUT2D eigenvalue weighted by molar-refractivity contribution is -0.127. The number of hydrogen-bond donors (Lipinski definition) is 1. The van der Waals surface area contributed by atoms with Crippen molar-refractivity contribution in [3.63, 3.8) is 0 Å². The number of ether oxygens (including phenoxy) is 2. The number of anilines is 2. The maximum absolute atomic E-state index is 12.7. The van der Waals surface area contributed by atoms with Gasteiger partial charge in [-0.1, -0.05) is 18.2 Å². The highest BCUT2D eigenvalue weighted by Crippen LogP contribution is 2.33. The normalized spacial score (nSPS) is 18.3. The molecule has 1 atom stereocenters. The van der Waals surface area contributed by atoms with Gasteiger partial charge < -0.3 is 19.7 Å². The van der Waals surface area contributed by atoms with Crippen LogP contribution in [0.2, 0.25) is 0 Å². The molecule has 2 heterocycles. The maximum Gasteiger partial charge on any atom is 0.259 e. The van der Waals surface area contributed by atoms with Gasteiger partial charge in [-0.2, -0.15) is 0 Å². The minimum Gasteiger partial charge on any atom is -0.496 e. The molecule has 27 heavy (non-hydrogen) atoms. The van der Waals surface area contributed by atoms with Crippen molar-refractivity contribution in [3.8, 4) is 5.75 Å². The van der Waals surface area contributed by atoms with Gasteiger partial charge >= 0.3 is 0 Å². The number of nitrogens with zero attached hydrogens (tertiary/aromatic N) is 1. The monoisotopic (exact) mass is 366 g/mol. The average Bonchev–Trinajstić information content (AvgIpc) is 3.37. The standard InChI is InChI=1S/C21H22N2O4/c1-26-18-6-3-2-5-16(18)20(24)22-15-9-8-14-10-11-23(17(14)13-15)21(25)19-7-4-12-27-19/h2-3,5-6,8-9,13,19H,4,7,10-12H2,1H3,(H,22,24). The Hall–Kier alpha value is -2.86. The van der Waals surface area contributed by atoms with Crippen LogP contribution in [0, 0.1) is 0 Å². The quantitative estimate of drug-likeness (QED) is 0.903. The fraction of sp³-hybridized carbons (Fsp3) is 0.333. The third kappa shape index (κ3) is 3.40. The topological polar surface area (TPSA) is 67.9 Å². The van der Waals surface area contributed by atoms with Crippen molar-refractivity contribution in [1.29, 1.82) is 0 Å². The molecule has 6 nitrogen and oxygen atoms in total. The van der Waals surface area contributed by atoms with Crippen molar-refractivity contribution in [1.82, 2.24) is 0 Å². The molecule has 1 unspecified atom stereocenters. The minimum absolute atomic E-state index is 0.0134. The first-order valence-electron chi connectivity index (χ1n) is 9.17. The molecule has 0 spiro atoms. The number of rotatable bonds is 4. The van der Waals surface area contributed by atoms with E-state index in [0.29, 0.717) is 30.2 Å². The second kappa shape index (κ2) is 7.40. The Morgan fingerprint density at radius 2 is 2.07 bits per heavy atom. The summed E-state index contributed by atoms with van der Waals surface area (Å²) in [5, 5.41) is 2.90. The van der Waals surface area contributed by atoms with Crippen LogP contribution in [-0.2, 0) is 16.0 Å². The molecule has 4 rings (SSSR count). The van der Waals surface area contributed by atoms with E-state index < -0.39 is 0 Å². The molecule has 0 saturated carbocycles. The Bertz CT molecular complexity index is 874. The van der Waals surface area contributed by atoms with Crippen LogP contribution >= 0.6 is 0 Å². The second-order valence-electron chi connectivity index (χ2n) is 6.74. The highest BCUT2D eigenvalue weighted by atomic mass is 16.5. The van der Waals surface area contributed by atoms with Crippen molar-refractivity contribution < 1.29 is 19.1 Å². The van der Waals surface area contributed by atoms with Crippen LogP contribution in [-0.4, -0.2) is 38.2 Å². The van der Waals surface area contributed by atoms with E-state index in [2.05, 4.69) is 5.32 Å².